The Morgan fingerprint density at radius 2 is 1.95 bits per heavy atom. The summed E-state index contributed by atoms with van der Waals surface area (Å²) in [5.74, 6) is 0.721. The van der Waals surface area contributed by atoms with E-state index in [0.717, 1.165) is 39.1 Å². The van der Waals surface area contributed by atoms with Crippen LogP contribution in [-0.2, 0) is 14.3 Å². The first-order valence-corrected chi connectivity index (χ1v) is 7.77. The van der Waals surface area contributed by atoms with E-state index in [1.807, 2.05) is 0 Å². The Bertz CT molecular complexity index is 379. The number of hydrogen-bond acceptors (Lipinski definition) is 4. The number of rotatable bonds is 3. The molecule has 0 radical (unpaired) electrons. The van der Waals surface area contributed by atoms with Crippen LogP contribution < -0.4 is 11.1 Å². The van der Waals surface area contributed by atoms with Crippen LogP contribution in [-0.4, -0.2) is 43.9 Å². The fourth-order valence-electron chi connectivity index (χ4n) is 4.16. The van der Waals surface area contributed by atoms with Crippen molar-refractivity contribution < 1.29 is 14.3 Å². The van der Waals surface area contributed by atoms with Crippen LogP contribution in [0.1, 0.15) is 33.1 Å². The van der Waals surface area contributed by atoms with Gasteiger partial charge in [-0.05, 0) is 25.2 Å². The van der Waals surface area contributed by atoms with Gasteiger partial charge in [-0.1, -0.05) is 13.8 Å². The Morgan fingerprint density at radius 1 is 1.25 bits per heavy atom. The van der Waals surface area contributed by atoms with Gasteiger partial charge in [-0.25, -0.2) is 0 Å². The molecule has 0 aromatic heterocycles. The summed E-state index contributed by atoms with van der Waals surface area (Å²) in [5, 5.41) is 3.19. The Morgan fingerprint density at radius 3 is 2.65 bits per heavy atom. The summed E-state index contributed by atoms with van der Waals surface area (Å²) in [6.45, 7) is 6.60. The molecule has 1 aliphatic carbocycles. The summed E-state index contributed by atoms with van der Waals surface area (Å²) < 4.78 is 11.1. The van der Waals surface area contributed by atoms with Crippen molar-refractivity contribution in [2.24, 2.45) is 23.0 Å². The average molecular weight is 282 g/mol. The molecule has 0 bridgehead atoms. The van der Waals surface area contributed by atoms with Crippen LogP contribution in [0.25, 0.3) is 0 Å². The lowest BCUT2D eigenvalue weighted by Crippen LogP contribution is -2.68. The second kappa shape index (κ2) is 5.28. The summed E-state index contributed by atoms with van der Waals surface area (Å²) in [6.07, 6.45) is 3.12. The Labute approximate surface area is 120 Å². The minimum Gasteiger partial charge on any atom is -0.381 e. The third-order valence-electron chi connectivity index (χ3n) is 5.47. The molecule has 2 saturated heterocycles. The minimum atomic E-state index is -0.406. The van der Waals surface area contributed by atoms with Crippen molar-refractivity contribution in [1.82, 2.24) is 5.32 Å². The first-order valence-electron chi connectivity index (χ1n) is 7.77. The average Bonchev–Trinajstić information content (AvgIpc) is 2.91. The second-order valence-electron chi connectivity index (χ2n) is 7.03. The monoisotopic (exact) mass is 282 g/mol. The molecule has 0 aromatic rings. The van der Waals surface area contributed by atoms with Gasteiger partial charge < -0.3 is 20.5 Å². The molecule has 3 rings (SSSR count). The SMILES string of the molecule is CC1(C)C(NC(=O)C(N)C2CCOCC2)C2CCOC21. The predicted molar refractivity (Wildman–Crippen MR) is 75.1 cm³/mol. The van der Waals surface area contributed by atoms with Crippen LogP contribution in [0, 0.1) is 17.3 Å². The molecular weight excluding hydrogens is 256 g/mol. The maximum absolute atomic E-state index is 12.4. The number of carbonyl (C=O) groups is 1. The lowest BCUT2D eigenvalue weighted by Gasteiger charge is -2.54. The molecule has 5 nitrogen and oxygen atoms in total. The van der Waals surface area contributed by atoms with Crippen LogP contribution in [0.3, 0.4) is 0 Å². The highest BCUT2D eigenvalue weighted by Gasteiger charge is 2.60. The van der Waals surface area contributed by atoms with E-state index in [4.69, 9.17) is 15.2 Å². The standard InChI is InChI=1S/C15H26N2O3/c1-15(2)12(10-5-8-20-13(10)15)17-14(18)11(16)9-3-6-19-7-4-9/h9-13H,3-8,16H2,1-2H3,(H,17,18). The zero-order valence-corrected chi connectivity index (χ0v) is 12.4. The van der Waals surface area contributed by atoms with E-state index in [1.54, 1.807) is 0 Å². The van der Waals surface area contributed by atoms with Crippen LogP contribution in [0.15, 0.2) is 0 Å². The molecular formula is C15H26N2O3. The molecule has 3 N–H and O–H groups in total. The number of fused-ring (bicyclic) bond motifs is 1. The zero-order valence-electron chi connectivity index (χ0n) is 12.4. The lowest BCUT2D eigenvalue weighted by molar-refractivity contribution is -0.140. The minimum absolute atomic E-state index is 0.000301. The van der Waals surface area contributed by atoms with E-state index < -0.39 is 6.04 Å². The van der Waals surface area contributed by atoms with Gasteiger partial charge in [0.05, 0.1) is 12.1 Å². The van der Waals surface area contributed by atoms with E-state index in [0.29, 0.717) is 12.0 Å². The van der Waals surface area contributed by atoms with Gasteiger partial charge in [0.1, 0.15) is 0 Å². The van der Waals surface area contributed by atoms with Gasteiger partial charge in [-0.15, -0.1) is 0 Å². The largest absolute Gasteiger partial charge is 0.381 e. The molecule has 3 fully saturated rings. The van der Waals surface area contributed by atoms with Crippen molar-refractivity contribution >= 4 is 5.91 Å². The maximum atomic E-state index is 12.4. The fourth-order valence-corrected chi connectivity index (χ4v) is 4.16. The lowest BCUT2D eigenvalue weighted by atomic mass is 9.57. The number of nitrogens with two attached hydrogens (primary N) is 1. The highest BCUT2D eigenvalue weighted by molar-refractivity contribution is 5.82. The number of hydrogen-bond donors (Lipinski definition) is 2. The van der Waals surface area contributed by atoms with Crippen molar-refractivity contribution in [3.63, 3.8) is 0 Å². The Kier molecular flexibility index (Phi) is 3.77. The molecule has 0 spiro atoms. The second-order valence-corrected chi connectivity index (χ2v) is 7.03. The van der Waals surface area contributed by atoms with Gasteiger partial charge in [0.2, 0.25) is 5.91 Å². The number of nitrogens with one attached hydrogen (secondary N) is 1. The summed E-state index contributed by atoms with van der Waals surface area (Å²) in [7, 11) is 0. The molecule has 5 heteroatoms. The third kappa shape index (κ3) is 2.26. The van der Waals surface area contributed by atoms with Crippen LogP contribution in [0.5, 0.6) is 0 Å². The van der Waals surface area contributed by atoms with Crippen LogP contribution >= 0.6 is 0 Å². The zero-order chi connectivity index (χ0) is 14.3. The first kappa shape index (κ1) is 14.3. The van der Waals surface area contributed by atoms with Gasteiger partial charge in [0.15, 0.2) is 0 Å². The highest BCUT2D eigenvalue weighted by Crippen LogP contribution is 2.52. The Balaban J connectivity index is 1.58. The molecule has 4 atom stereocenters. The summed E-state index contributed by atoms with van der Waals surface area (Å²) in [4.78, 5) is 12.4. The number of carbonyl (C=O) groups excluding carboxylic acids is 1. The molecule has 2 aliphatic heterocycles. The van der Waals surface area contributed by atoms with Crippen molar-refractivity contribution in [1.29, 1.82) is 0 Å². The third-order valence-corrected chi connectivity index (χ3v) is 5.47. The normalized spacial score (nSPS) is 37.9. The van der Waals surface area contributed by atoms with Crippen molar-refractivity contribution in [2.45, 2.75) is 51.3 Å². The van der Waals surface area contributed by atoms with Crippen molar-refractivity contribution in [3.8, 4) is 0 Å². The van der Waals surface area contributed by atoms with E-state index in [9.17, 15) is 4.79 Å². The van der Waals surface area contributed by atoms with E-state index in [2.05, 4.69) is 19.2 Å². The summed E-state index contributed by atoms with van der Waals surface area (Å²) in [5.41, 5.74) is 6.17. The fraction of sp³-hybridized carbons (Fsp3) is 0.933. The first-order chi connectivity index (χ1) is 9.51. The molecule has 20 heavy (non-hydrogen) atoms. The van der Waals surface area contributed by atoms with Gasteiger partial charge >= 0.3 is 0 Å². The van der Waals surface area contributed by atoms with Gasteiger partial charge in [-0.2, -0.15) is 0 Å². The van der Waals surface area contributed by atoms with Gasteiger partial charge in [-0.3, -0.25) is 4.79 Å². The predicted octanol–water partition coefficient (Wildman–Crippen LogP) is 0.670. The topological polar surface area (TPSA) is 73.6 Å². The summed E-state index contributed by atoms with van der Waals surface area (Å²) in [6, 6.07) is -0.204. The molecule has 0 aromatic carbocycles. The van der Waals surface area contributed by atoms with E-state index in [1.165, 1.54) is 0 Å². The van der Waals surface area contributed by atoms with Gasteiger partial charge in [0, 0.05) is 37.2 Å². The number of ether oxygens (including phenoxy) is 2. The molecule has 1 amide bonds. The smallest absolute Gasteiger partial charge is 0.237 e. The maximum Gasteiger partial charge on any atom is 0.237 e. The summed E-state index contributed by atoms with van der Waals surface area (Å²) >= 11 is 0. The van der Waals surface area contributed by atoms with E-state index >= 15 is 0 Å². The van der Waals surface area contributed by atoms with Crippen LogP contribution in [0.2, 0.25) is 0 Å². The number of amides is 1. The molecule has 2 heterocycles. The molecule has 114 valence electrons. The van der Waals surface area contributed by atoms with Crippen molar-refractivity contribution in [2.75, 3.05) is 19.8 Å². The van der Waals surface area contributed by atoms with Crippen LogP contribution in [0.4, 0.5) is 0 Å². The Hall–Kier alpha value is -0.650. The quantitative estimate of drug-likeness (QED) is 0.798. The molecule has 4 unspecified atom stereocenters. The van der Waals surface area contributed by atoms with E-state index in [-0.39, 0.29) is 23.3 Å². The molecule has 1 saturated carbocycles. The highest BCUT2D eigenvalue weighted by atomic mass is 16.5. The van der Waals surface area contributed by atoms with Crippen molar-refractivity contribution in [3.05, 3.63) is 0 Å². The molecule has 3 aliphatic rings. The van der Waals surface area contributed by atoms with Gasteiger partial charge in [0.25, 0.3) is 0 Å².